The second-order valence-corrected chi connectivity index (χ2v) is 4.59. The van der Waals surface area contributed by atoms with Crippen molar-refractivity contribution in [2.45, 2.75) is 13.5 Å². The zero-order valence-electron chi connectivity index (χ0n) is 10.5. The number of aryl methyl sites for hydroxylation is 1. The van der Waals surface area contributed by atoms with Crippen LogP contribution < -0.4 is 11.1 Å². The van der Waals surface area contributed by atoms with Gasteiger partial charge in [0.1, 0.15) is 5.15 Å². The van der Waals surface area contributed by atoms with Gasteiger partial charge in [-0.15, -0.1) is 0 Å². The quantitative estimate of drug-likeness (QED) is 0.846. The molecule has 0 aliphatic rings. The Bertz CT molecular complexity index is 613. The third-order valence-electron chi connectivity index (χ3n) is 2.85. The highest BCUT2D eigenvalue weighted by atomic mass is 35.5. The van der Waals surface area contributed by atoms with Gasteiger partial charge in [0.25, 0.3) is 5.91 Å². The Hall–Kier alpha value is -2.07. The van der Waals surface area contributed by atoms with Crippen LogP contribution in [0.1, 0.15) is 21.5 Å². The highest BCUT2D eigenvalue weighted by Crippen LogP contribution is 2.15. The zero-order valence-corrected chi connectivity index (χ0v) is 11.2. The van der Waals surface area contributed by atoms with Gasteiger partial charge >= 0.3 is 0 Å². The Labute approximate surface area is 116 Å². The number of aromatic nitrogens is 1. The molecule has 1 aromatic carbocycles. The summed E-state index contributed by atoms with van der Waals surface area (Å²) in [5, 5.41) is 3.06. The molecule has 0 bridgehead atoms. The molecule has 1 heterocycles. The molecule has 1 amide bonds. The summed E-state index contributed by atoms with van der Waals surface area (Å²) in [7, 11) is 0. The van der Waals surface area contributed by atoms with Gasteiger partial charge in [-0.1, -0.05) is 35.9 Å². The van der Waals surface area contributed by atoms with E-state index < -0.39 is 0 Å². The van der Waals surface area contributed by atoms with Gasteiger partial charge in [-0.3, -0.25) is 4.79 Å². The minimum Gasteiger partial charge on any atom is -0.397 e. The van der Waals surface area contributed by atoms with Gasteiger partial charge < -0.3 is 11.1 Å². The first kappa shape index (κ1) is 13.4. The number of nitrogens with one attached hydrogen (secondary N) is 1. The third-order valence-corrected chi connectivity index (χ3v) is 3.05. The van der Waals surface area contributed by atoms with Crippen molar-refractivity contribution >= 4 is 23.2 Å². The second kappa shape index (κ2) is 5.71. The molecule has 0 radical (unpaired) electrons. The summed E-state index contributed by atoms with van der Waals surface area (Å²) < 4.78 is 0. The summed E-state index contributed by atoms with van der Waals surface area (Å²) in [5.41, 5.74) is 8.55. The van der Waals surface area contributed by atoms with E-state index in [1.54, 1.807) is 0 Å². The monoisotopic (exact) mass is 275 g/mol. The fourth-order valence-corrected chi connectivity index (χ4v) is 1.87. The van der Waals surface area contributed by atoms with Crippen molar-refractivity contribution in [3.63, 3.8) is 0 Å². The molecule has 0 fully saturated rings. The van der Waals surface area contributed by atoms with Crippen molar-refractivity contribution in [2.24, 2.45) is 0 Å². The average molecular weight is 276 g/mol. The van der Waals surface area contributed by atoms with Gasteiger partial charge in [-0.2, -0.15) is 0 Å². The number of nitrogen functional groups attached to an aromatic ring is 1. The first-order chi connectivity index (χ1) is 9.08. The molecule has 0 atom stereocenters. The van der Waals surface area contributed by atoms with Gasteiger partial charge in [0, 0.05) is 6.54 Å². The number of rotatable bonds is 3. The number of carbonyl (C=O) groups is 1. The van der Waals surface area contributed by atoms with Crippen LogP contribution in [0.5, 0.6) is 0 Å². The van der Waals surface area contributed by atoms with Crippen molar-refractivity contribution < 1.29 is 4.79 Å². The summed E-state index contributed by atoms with van der Waals surface area (Å²) in [6.07, 6.45) is 1.38. The molecular weight excluding hydrogens is 262 g/mol. The van der Waals surface area contributed by atoms with E-state index in [0.29, 0.717) is 17.8 Å². The van der Waals surface area contributed by atoms with E-state index in [-0.39, 0.29) is 11.1 Å². The molecule has 0 saturated carbocycles. The van der Waals surface area contributed by atoms with Gasteiger partial charge in [-0.05, 0) is 24.1 Å². The molecule has 19 heavy (non-hydrogen) atoms. The van der Waals surface area contributed by atoms with Gasteiger partial charge in [0.15, 0.2) is 0 Å². The smallest absolute Gasteiger partial charge is 0.253 e. The van der Waals surface area contributed by atoms with E-state index in [0.717, 1.165) is 11.1 Å². The predicted octanol–water partition coefficient (Wildman–Crippen LogP) is 2.56. The van der Waals surface area contributed by atoms with E-state index in [2.05, 4.69) is 10.3 Å². The molecule has 4 nitrogen and oxygen atoms in total. The number of hydrogen-bond acceptors (Lipinski definition) is 3. The van der Waals surface area contributed by atoms with Crippen molar-refractivity contribution in [2.75, 3.05) is 5.73 Å². The summed E-state index contributed by atoms with van der Waals surface area (Å²) in [4.78, 5) is 15.8. The van der Waals surface area contributed by atoms with Crippen molar-refractivity contribution in [3.8, 4) is 0 Å². The lowest BCUT2D eigenvalue weighted by molar-refractivity contribution is 0.0951. The third kappa shape index (κ3) is 3.23. The Balaban J connectivity index is 2.10. The highest BCUT2D eigenvalue weighted by Gasteiger charge is 2.11. The summed E-state index contributed by atoms with van der Waals surface area (Å²) >= 11 is 5.76. The largest absolute Gasteiger partial charge is 0.397 e. The van der Waals surface area contributed by atoms with E-state index in [9.17, 15) is 4.79 Å². The zero-order chi connectivity index (χ0) is 13.8. The van der Waals surface area contributed by atoms with Crippen LogP contribution >= 0.6 is 11.6 Å². The topological polar surface area (TPSA) is 68.0 Å². The van der Waals surface area contributed by atoms with Crippen LogP contribution in [-0.4, -0.2) is 10.9 Å². The average Bonchev–Trinajstić information content (AvgIpc) is 2.40. The van der Waals surface area contributed by atoms with Crippen molar-refractivity contribution in [1.82, 2.24) is 10.3 Å². The number of anilines is 1. The summed E-state index contributed by atoms with van der Waals surface area (Å²) in [6.45, 7) is 2.45. The molecule has 2 rings (SSSR count). The standard InChI is InChI=1S/C14H14ClN3O/c1-9-4-2-3-5-10(9)7-18-14(19)11-6-13(15)17-8-12(11)16/h2-6,8H,7,16H2,1H3,(H,18,19). The number of hydrogen-bond donors (Lipinski definition) is 2. The molecule has 0 saturated heterocycles. The fourth-order valence-electron chi connectivity index (χ4n) is 1.72. The molecule has 3 N–H and O–H groups in total. The van der Waals surface area contributed by atoms with Crippen LogP contribution in [0.4, 0.5) is 5.69 Å². The number of pyridine rings is 1. The van der Waals surface area contributed by atoms with E-state index >= 15 is 0 Å². The minimum atomic E-state index is -0.259. The van der Waals surface area contributed by atoms with Gasteiger partial charge in [0.05, 0.1) is 17.4 Å². The van der Waals surface area contributed by atoms with Crippen LogP contribution in [0.15, 0.2) is 36.5 Å². The molecule has 0 aliphatic carbocycles. The van der Waals surface area contributed by atoms with Gasteiger partial charge in [-0.25, -0.2) is 4.98 Å². The second-order valence-electron chi connectivity index (χ2n) is 4.20. The van der Waals surface area contributed by atoms with Crippen molar-refractivity contribution in [1.29, 1.82) is 0 Å². The minimum absolute atomic E-state index is 0.246. The number of amides is 1. The van der Waals surface area contributed by atoms with Crippen molar-refractivity contribution in [3.05, 3.63) is 58.4 Å². The maximum absolute atomic E-state index is 12.0. The maximum atomic E-state index is 12.0. The van der Waals surface area contributed by atoms with Crippen LogP contribution in [0.2, 0.25) is 5.15 Å². The van der Waals surface area contributed by atoms with E-state index in [1.807, 2.05) is 31.2 Å². The Morgan fingerprint density at radius 1 is 1.42 bits per heavy atom. The first-order valence-corrected chi connectivity index (χ1v) is 6.19. The Morgan fingerprint density at radius 2 is 2.16 bits per heavy atom. The lowest BCUT2D eigenvalue weighted by Crippen LogP contribution is -2.24. The van der Waals surface area contributed by atoms with E-state index in [4.69, 9.17) is 17.3 Å². The summed E-state index contributed by atoms with van der Waals surface area (Å²) in [6, 6.07) is 9.33. The fraction of sp³-hybridized carbons (Fsp3) is 0.143. The Kier molecular flexibility index (Phi) is 4.02. The maximum Gasteiger partial charge on any atom is 0.253 e. The number of halogens is 1. The van der Waals surface area contributed by atoms with E-state index in [1.165, 1.54) is 12.3 Å². The Morgan fingerprint density at radius 3 is 2.89 bits per heavy atom. The molecular formula is C14H14ClN3O. The van der Waals surface area contributed by atoms with Crippen LogP contribution in [-0.2, 0) is 6.54 Å². The number of benzene rings is 1. The van der Waals surface area contributed by atoms with Crippen LogP contribution in [0.3, 0.4) is 0 Å². The first-order valence-electron chi connectivity index (χ1n) is 5.81. The normalized spacial score (nSPS) is 10.2. The number of nitrogens with two attached hydrogens (primary N) is 1. The van der Waals surface area contributed by atoms with Crippen LogP contribution in [0.25, 0.3) is 0 Å². The number of carbonyl (C=O) groups excluding carboxylic acids is 1. The van der Waals surface area contributed by atoms with Gasteiger partial charge in [0.2, 0.25) is 0 Å². The molecule has 0 aliphatic heterocycles. The molecule has 2 aromatic rings. The molecule has 5 heteroatoms. The van der Waals surface area contributed by atoms with Crippen LogP contribution in [0, 0.1) is 6.92 Å². The molecule has 0 unspecified atom stereocenters. The molecule has 0 spiro atoms. The SMILES string of the molecule is Cc1ccccc1CNC(=O)c1cc(Cl)ncc1N. The summed E-state index contributed by atoms with van der Waals surface area (Å²) in [5.74, 6) is -0.259. The lowest BCUT2D eigenvalue weighted by Gasteiger charge is -2.09. The molecule has 98 valence electrons. The molecule has 1 aromatic heterocycles. The lowest BCUT2D eigenvalue weighted by atomic mass is 10.1. The number of nitrogens with zero attached hydrogens (tertiary/aromatic N) is 1. The highest BCUT2D eigenvalue weighted by molar-refractivity contribution is 6.29. The predicted molar refractivity (Wildman–Crippen MR) is 76.0 cm³/mol.